The summed E-state index contributed by atoms with van der Waals surface area (Å²) < 4.78 is 5.60. The van der Waals surface area contributed by atoms with Gasteiger partial charge in [0.05, 0.1) is 6.61 Å². The van der Waals surface area contributed by atoms with E-state index in [9.17, 15) is 4.79 Å². The standard InChI is InChI=1S/C25H40N2O2/c1-4-29-18-17-27(25(28)26-24-19(2)9-8-10-20(24)3)23-15-13-22(14-16-23)21-11-6-5-7-12-21/h8-10,21-23H,4-7,11-18H2,1-3H3,(H,26,28)/t22-,23-. The van der Waals surface area contributed by atoms with E-state index >= 15 is 0 Å². The summed E-state index contributed by atoms with van der Waals surface area (Å²) in [6.45, 7) is 8.10. The van der Waals surface area contributed by atoms with E-state index in [0.717, 1.165) is 41.5 Å². The molecule has 0 spiro atoms. The molecule has 2 aliphatic carbocycles. The first-order valence-electron chi connectivity index (χ1n) is 11.8. The average Bonchev–Trinajstić information content (AvgIpc) is 2.75. The minimum Gasteiger partial charge on any atom is -0.380 e. The van der Waals surface area contributed by atoms with Crippen LogP contribution in [0.15, 0.2) is 18.2 Å². The van der Waals surface area contributed by atoms with Crippen LogP contribution in [0.4, 0.5) is 10.5 Å². The highest BCUT2D eigenvalue weighted by molar-refractivity contribution is 5.91. The Morgan fingerprint density at radius 1 is 1.00 bits per heavy atom. The molecule has 4 heteroatoms. The van der Waals surface area contributed by atoms with E-state index in [0.29, 0.717) is 25.8 Å². The predicted molar refractivity (Wildman–Crippen MR) is 120 cm³/mol. The normalized spacial score (nSPS) is 23.0. The number of ether oxygens (including phenoxy) is 1. The Morgan fingerprint density at radius 3 is 2.24 bits per heavy atom. The number of nitrogens with zero attached hydrogens (tertiary/aromatic N) is 1. The number of carbonyl (C=O) groups is 1. The van der Waals surface area contributed by atoms with Gasteiger partial charge in [-0.2, -0.15) is 0 Å². The zero-order valence-electron chi connectivity index (χ0n) is 18.7. The monoisotopic (exact) mass is 400 g/mol. The second-order valence-corrected chi connectivity index (χ2v) is 9.05. The van der Waals surface area contributed by atoms with E-state index in [1.807, 2.05) is 13.0 Å². The van der Waals surface area contributed by atoms with Gasteiger partial charge in [0, 0.05) is 24.9 Å². The highest BCUT2D eigenvalue weighted by atomic mass is 16.5. The fourth-order valence-electron chi connectivity index (χ4n) is 5.44. The minimum atomic E-state index is 0.0308. The first-order chi connectivity index (χ1) is 14.1. The van der Waals surface area contributed by atoms with E-state index in [-0.39, 0.29) is 6.03 Å². The van der Waals surface area contributed by atoms with Crippen LogP contribution in [-0.2, 0) is 4.74 Å². The number of para-hydroxylation sites is 1. The van der Waals surface area contributed by atoms with Crippen molar-refractivity contribution < 1.29 is 9.53 Å². The third-order valence-electron chi connectivity index (χ3n) is 7.15. The molecule has 0 bridgehead atoms. The summed E-state index contributed by atoms with van der Waals surface area (Å²) in [5.74, 6) is 1.81. The Balaban J connectivity index is 1.62. The topological polar surface area (TPSA) is 41.6 Å². The molecule has 2 fully saturated rings. The van der Waals surface area contributed by atoms with Gasteiger partial charge in [-0.3, -0.25) is 0 Å². The molecule has 29 heavy (non-hydrogen) atoms. The summed E-state index contributed by atoms with van der Waals surface area (Å²) in [5, 5.41) is 3.21. The van der Waals surface area contributed by atoms with Crippen LogP contribution >= 0.6 is 0 Å². The molecule has 0 aliphatic heterocycles. The SMILES string of the molecule is CCOCCN(C(=O)Nc1c(C)cccc1C)[C@H]1CC[C@H](C2CCCCC2)CC1. The highest BCUT2D eigenvalue weighted by Crippen LogP contribution is 2.39. The molecule has 0 radical (unpaired) electrons. The number of carbonyl (C=O) groups excluding carboxylic acids is 1. The van der Waals surface area contributed by atoms with Crippen molar-refractivity contribution in [1.82, 2.24) is 4.90 Å². The molecule has 162 valence electrons. The third kappa shape index (κ3) is 5.97. The first-order valence-corrected chi connectivity index (χ1v) is 11.8. The molecule has 1 aromatic rings. The first kappa shape index (κ1) is 22.1. The van der Waals surface area contributed by atoms with Gasteiger partial charge >= 0.3 is 6.03 Å². The maximum absolute atomic E-state index is 13.3. The smallest absolute Gasteiger partial charge is 0.322 e. The summed E-state index contributed by atoms with van der Waals surface area (Å²) in [6.07, 6.45) is 11.9. The van der Waals surface area contributed by atoms with Gasteiger partial charge in [0.15, 0.2) is 0 Å². The number of amides is 2. The molecule has 1 N–H and O–H groups in total. The second-order valence-electron chi connectivity index (χ2n) is 9.05. The number of nitrogens with one attached hydrogen (secondary N) is 1. The van der Waals surface area contributed by atoms with E-state index in [4.69, 9.17) is 4.74 Å². The molecule has 0 saturated heterocycles. The van der Waals surface area contributed by atoms with Crippen molar-refractivity contribution in [2.75, 3.05) is 25.1 Å². The molecule has 2 aliphatic rings. The van der Waals surface area contributed by atoms with Gasteiger partial charge < -0.3 is 15.0 Å². The number of hydrogen-bond acceptors (Lipinski definition) is 2. The number of hydrogen-bond donors (Lipinski definition) is 1. The van der Waals surface area contributed by atoms with Crippen LogP contribution < -0.4 is 5.32 Å². The van der Waals surface area contributed by atoms with Gasteiger partial charge in [-0.1, -0.05) is 50.3 Å². The number of anilines is 1. The molecule has 0 aromatic heterocycles. The fraction of sp³-hybridized carbons (Fsp3) is 0.720. The van der Waals surface area contributed by atoms with Crippen LogP contribution in [0.3, 0.4) is 0 Å². The van der Waals surface area contributed by atoms with Gasteiger partial charge in [-0.25, -0.2) is 4.79 Å². The molecule has 3 rings (SSSR count). The predicted octanol–water partition coefficient (Wildman–Crippen LogP) is 6.31. The molecule has 2 saturated carbocycles. The molecular formula is C25H40N2O2. The molecule has 2 amide bonds. The summed E-state index contributed by atoms with van der Waals surface area (Å²) >= 11 is 0. The zero-order chi connectivity index (χ0) is 20.6. The number of benzene rings is 1. The molecule has 0 heterocycles. The lowest BCUT2D eigenvalue weighted by molar-refractivity contribution is 0.0859. The Bertz CT molecular complexity index is 626. The van der Waals surface area contributed by atoms with Crippen molar-refractivity contribution in [3.8, 4) is 0 Å². The Labute approximate surface area is 177 Å². The number of urea groups is 1. The molecular weight excluding hydrogens is 360 g/mol. The van der Waals surface area contributed by atoms with Gasteiger partial charge in [0.25, 0.3) is 0 Å². The van der Waals surface area contributed by atoms with Crippen molar-refractivity contribution in [3.05, 3.63) is 29.3 Å². The van der Waals surface area contributed by atoms with E-state index in [1.54, 1.807) is 0 Å². The highest BCUT2D eigenvalue weighted by Gasteiger charge is 2.32. The van der Waals surface area contributed by atoms with Gasteiger partial charge in [0.1, 0.15) is 0 Å². The maximum atomic E-state index is 13.3. The van der Waals surface area contributed by atoms with Crippen molar-refractivity contribution in [3.63, 3.8) is 0 Å². The Morgan fingerprint density at radius 2 is 1.62 bits per heavy atom. The van der Waals surface area contributed by atoms with E-state index in [1.165, 1.54) is 44.9 Å². The lowest BCUT2D eigenvalue weighted by Gasteiger charge is -2.40. The van der Waals surface area contributed by atoms with Crippen LogP contribution in [-0.4, -0.2) is 36.7 Å². The third-order valence-corrected chi connectivity index (χ3v) is 7.15. The molecule has 0 unspecified atom stereocenters. The summed E-state index contributed by atoms with van der Waals surface area (Å²) in [7, 11) is 0. The quantitative estimate of drug-likeness (QED) is 0.545. The van der Waals surface area contributed by atoms with Crippen molar-refractivity contribution >= 4 is 11.7 Å². The van der Waals surface area contributed by atoms with E-state index in [2.05, 4.69) is 36.2 Å². The second kappa shape index (κ2) is 11.0. The summed E-state index contributed by atoms with van der Waals surface area (Å²) in [5.41, 5.74) is 3.18. The van der Waals surface area contributed by atoms with E-state index < -0.39 is 0 Å². The van der Waals surface area contributed by atoms with Crippen LogP contribution in [0.1, 0.15) is 75.8 Å². The summed E-state index contributed by atoms with van der Waals surface area (Å²) in [4.78, 5) is 15.3. The lowest BCUT2D eigenvalue weighted by atomic mass is 9.72. The molecule has 1 aromatic carbocycles. The average molecular weight is 401 g/mol. The zero-order valence-corrected chi connectivity index (χ0v) is 18.7. The van der Waals surface area contributed by atoms with Crippen LogP contribution in [0.25, 0.3) is 0 Å². The van der Waals surface area contributed by atoms with Gasteiger partial charge in [-0.05, 0) is 69.4 Å². The van der Waals surface area contributed by atoms with Crippen molar-refractivity contribution in [2.24, 2.45) is 11.8 Å². The van der Waals surface area contributed by atoms with Gasteiger partial charge in [0.2, 0.25) is 0 Å². The van der Waals surface area contributed by atoms with Gasteiger partial charge in [-0.15, -0.1) is 0 Å². The Kier molecular flexibility index (Phi) is 8.40. The fourth-order valence-corrected chi connectivity index (χ4v) is 5.44. The lowest BCUT2D eigenvalue weighted by Crippen LogP contribution is -2.46. The van der Waals surface area contributed by atoms with Crippen molar-refractivity contribution in [2.45, 2.75) is 84.6 Å². The number of aryl methyl sites for hydroxylation is 2. The van der Waals surface area contributed by atoms with Crippen molar-refractivity contribution in [1.29, 1.82) is 0 Å². The Hall–Kier alpha value is -1.55. The van der Waals surface area contributed by atoms with Crippen LogP contribution in [0.5, 0.6) is 0 Å². The summed E-state index contributed by atoms with van der Waals surface area (Å²) in [6, 6.07) is 6.52. The molecule has 0 atom stereocenters. The maximum Gasteiger partial charge on any atom is 0.322 e. The minimum absolute atomic E-state index is 0.0308. The molecule has 4 nitrogen and oxygen atoms in total. The largest absolute Gasteiger partial charge is 0.380 e. The number of rotatable bonds is 7. The van der Waals surface area contributed by atoms with Crippen LogP contribution in [0.2, 0.25) is 0 Å². The van der Waals surface area contributed by atoms with Crippen LogP contribution in [0, 0.1) is 25.7 Å².